The monoisotopic (exact) mass is 346 g/mol. The van der Waals surface area contributed by atoms with E-state index in [0.29, 0.717) is 5.69 Å². The Morgan fingerprint density at radius 1 is 1.29 bits per heavy atom. The molecule has 0 unspecified atom stereocenters. The Morgan fingerprint density at radius 3 is 2.67 bits per heavy atom. The van der Waals surface area contributed by atoms with Crippen LogP contribution in [-0.4, -0.2) is 33.8 Å². The molecule has 2 aliphatic heterocycles. The molecule has 122 valence electrons. The van der Waals surface area contributed by atoms with Crippen LogP contribution in [0.15, 0.2) is 35.4 Å². The lowest BCUT2D eigenvalue weighted by Gasteiger charge is -2.12. The van der Waals surface area contributed by atoms with Crippen LogP contribution in [0, 0.1) is 0 Å². The van der Waals surface area contributed by atoms with Crippen molar-refractivity contribution in [3.63, 3.8) is 0 Å². The number of hydrogen-bond acceptors (Lipinski definition) is 5. The summed E-state index contributed by atoms with van der Waals surface area (Å²) in [5, 5.41) is 6.29. The van der Waals surface area contributed by atoms with Gasteiger partial charge in [-0.1, -0.05) is 11.6 Å². The first-order valence-electron chi connectivity index (χ1n) is 6.71. The van der Waals surface area contributed by atoms with Crippen molar-refractivity contribution in [1.29, 1.82) is 0 Å². The number of methoxy groups -OCH3 is 1. The zero-order valence-corrected chi connectivity index (χ0v) is 13.1. The van der Waals surface area contributed by atoms with Crippen LogP contribution >= 0.6 is 11.6 Å². The Bertz CT molecular complexity index is 991. The van der Waals surface area contributed by atoms with Gasteiger partial charge in [-0.15, -0.1) is 0 Å². The summed E-state index contributed by atoms with van der Waals surface area (Å²) in [6.45, 7) is 0. The highest BCUT2D eigenvalue weighted by atomic mass is 35.5. The third-order valence-corrected chi connectivity index (χ3v) is 3.79. The summed E-state index contributed by atoms with van der Waals surface area (Å²) in [6.07, 6.45) is 2.97. The Balaban J connectivity index is 2.23. The summed E-state index contributed by atoms with van der Waals surface area (Å²) in [6, 6.07) is 4.55. The lowest BCUT2D eigenvalue weighted by molar-refractivity contribution is 0.0600. The standard InChI is InChI=1S/C15H11ClN4O4/c1-24-15(23)10-6-20(5-9-12(10)18-19-14(9)22)7-2-3-8(13(17)21)11(16)4-7/h2-6H,1H3,(H2,17,21)(H,19,22). The maximum absolute atomic E-state index is 12.0. The van der Waals surface area contributed by atoms with Crippen LogP contribution in [-0.2, 0) is 4.74 Å². The molecule has 1 aromatic rings. The summed E-state index contributed by atoms with van der Waals surface area (Å²) < 4.78 is 6.24. The first-order valence-corrected chi connectivity index (χ1v) is 7.08. The fourth-order valence-corrected chi connectivity index (χ4v) is 2.58. The van der Waals surface area contributed by atoms with Crippen LogP contribution in [0.3, 0.4) is 0 Å². The number of nitrogens with zero attached hydrogens (tertiary/aromatic N) is 2. The van der Waals surface area contributed by atoms with Crippen molar-refractivity contribution in [1.82, 2.24) is 14.8 Å². The number of ether oxygens (including phenoxy) is 1. The van der Waals surface area contributed by atoms with Gasteiger partial charge in [-0.25, -0.2) is 9.89 Å². The molecule has 3 N–H and O–H groups in total. The van der Waals surface area contributed by atoms with Crippen molar-refractivity contribution in [2.24, 2.45) is 5.73 Å². The lowest BCUT2D eigenvalue weighted by Crippen LogP contribution is -2.13. The van der Waals surface area contributed by atoms with Crippen molar-refractivity contribution < 1.29 is 14.3 Å². The van der Waals surface area contributed by atoms with Gasteiger partial charge in [-0.2, -0.15) is 5.10 Å². The minimum atomic E-state index is -0.654. The van der Waals surface area contributed by atoms with Crippen LogP contribution in [0.1, 0.15) is 20.7 Å². The molecule has 2 heterocycles. The zero-order valence-electron chi connectivity index (χ0n) is 12.4. The Kier molecular flexibility index (Phi) is 3.82. The van der Waals surface area contributed by atoms with E-state index >= 15 is 0 Å². The van der Waals surface area contributed by atoms with Gasteiger partial charge in [0.25, 0.3) is 5.56 Å². The van der Waals surface area contributed by atoms with Gasteiger partial charge >= 0.3 is 5.97 Å². The summed E-state index contributed by atoms with van der Waals surface area (Å²) in [7, 11) is 1.23. The lowest BCUT2D eigenvalue weighted by atomic mass is 10.1. The molecule has 0 atom stereocenters. The molecular formula is C15H11ClN4O4. The molecule has 0 fully saturated rings. The van der Waals surface area contributed by atoms with Crippen molar-refractivity contribution in [3.05, 3.63) is 57.1 Å². The van der Waals surface area contributed by atoms with Gasteiger partial charge in [0.1, 0.15) is 11.3 Å². The number of rotatable bonds is 3. The van der Waals surface area contributed by atoms with Gasteiger partial charge in [0.2, 0.25) is 5.91 Å². The smallest absolute Gasteiger partial charge is 0.341 e. The third kappa shape index (κ3) is 2.52. The predicted octanol–water partition coefficient (Wildman–Crippen LogP) is 1.20. The minimum Gasteiger partial charge on any atom is -0.465 e. The molecule has 3 rings (SSSR count). The molecule has 0 saturated carbocycles. The number of benzene rings is 1. The number of H-pyrrole nitrogens is 1. The number of carbonyl (C=O) groups is 2. The number of nitrogens with two attached hydrogens (primary N) is 1. The molecule has 1 aromatic carbocycles. The molecule has 2 aliphatic rings. The number of amides is 1. The highest BCUT2D eigenvalue weighted by Crippen LogP contribution is 2.25. The van der Waals surface area contributed by atoms with E-state index in [9.17, 15) is 14.4 Å². The highest BCUT2D eigenvalue weighted by Gasteiger charge is 2.22. The van der Waals surface area contributed by atoms with E-state index in [2.05, 4.69) is 10.2 Å². The number of aromatic amines is 1. The normalized spacial score (nSPS) is 10.8. The summed E-state index contributed by atoms with van der Waals surface area (Å²) in [5.74, 6) is -1.29. The summed E-state index contributed by atoms with van der Waals surface area (Å²) in [4.78, 5) is 35.1. The van der Waals surface area contributed by atoms with Gasteiger partial charge in [0.05, 0.1) is 23.3 Å². The van der Waals surface area contributed by atoms with E-state index in [1.165, 1.54) is 36.2 Å². The summed E-state index contributed by atoms with van der Waals surface area (Å²) in [5.41, 5.74) is 6.02. The van der Waals surface area contributed by atoms with Gasteiger partial charge in [-0.3, -0.25) is 9.59 Å². The molecule has 0 aliphatic carbocycles. The van der Waals surface area contributed by atoms with E-state index in [0.717, 1.165) is 0 Å². The number of aromatic nitrogens is 3. The summed E-state index contributed by atoms with van der Waals surface area (Å²) >= 11 is 6.05. The largest absolute Gasteiger partial charge is 0.465 e. The molecule has 24 heavy (non-hydrogen) atoms. The second kappa shape index (κ2) is 5.82. The Hall–Kier alpha value is -3.13. The van der Waals surface area contributed by atoms with Gasteiger partial charge in [0.15, 0.2) is 0 Å². The first-order chi connectivity index (χ1) is 11.4. The van der Waals surface area contributed by atoms with Crippen LogP contribution in [0.4, 0.5) is 0 Å². The number of hydrogen-bond donors (Lipinski definition) is 2. The topological polar surface area (TPSA) is 120 Å². The van der Waals surface area contributed by atoms with Crippen molar-refractivity contribution in [2.75, 3.05) is 7.11 Å². The van der Waals surface area contributed by atoms with Gasteiger partial charge < -0.3 is 15.0 Å². The first kappa shape index (κ1) is 15.8. The SMILES string of the molecule is COC(=O)c1cn(-c2ccc(C(N)=O)c(Cl)c2)cc2c(=O)[nH]nc1-2. The molecule has 0 spiro atoms. The highest BCUT2D eigenvalue weighted by molar-refractivity contribution is 6.34. The van der Waals surface area contributed by atoms with Crippen LogP contribution in [0.25, 0.3) is 16.9 Å². The van der Waals surface area contributed by atoms with Crippen molar-refractivity contribution >= 4 is 23.5 Å². The zero-order chi connectivity index (χ0) is 17.4. The number of carbonyl (C=O) groups excluding carboxylic acids is 2. The van der Waals surface area contributed by atoms with Gasteiger partial charge in [0, 0.05) is 18.1 Å². The number of pyridine rings is 1. The van der Waals surface area contributed by atoms with E-state index in [1.807, 2.05) is 0 Å². The predicted molar refractivity (Wildman–Crippen MR) is 85.7 cm³/mol. The second-order valence-corrected chi connectivity index (χ2v) is 5.32. The molecular weight excluding hydrogens is 336 g/mol. The second-order valence-electron chi connectivity index (χ2n) is 4.91. The van der Waals surface area contributed by atoms with Crippen LogP contribution in [0.5, 0.6) is 0 Å². The Labute approximate surface area is 140 Å². The van der Waals surface area contributed by atoms with E-state index in [-0.39, 0.29) is 27.4 Å². The van der Waals surface area contributed by atoms with E-state index in [4.69, 9.17) is 22.1 Å². The van der Waals surface area contributed by atoms with Gasteiger partial charge in [-0.05, 0) is 18.2 Å². The fraction of sp³-hybridized carbons (Fsp3) is 0.0667. The number of primary amides is 1. The Morgan fingerprint density at radius 2 is 2.04 bits per heavy atom. The molecule has 8 nitrogen and oxygen atoms in total. The molecule has 9 heteroatoms. The maximum Gasteiger partial charge on any atom is 0.341 e. The number of halogens is 1. The molecule has 0 saturated heterocycles. The minimum absolute atomic E-state index is 0.114. The number of fused-ring (bicyclic) bond motifs is 1. The van der Waals surface area contributed by atoms with Crippen molar-refractivity contribution in [2.45, 2.75) is 0 Å². The average Bonchev–Trinajstić information content (AvgIpc) is 2.94. The fourth-order valence-electron chi connectivity index (χ4n) is 2.31. The van der Waals surface area contributed by atoms with Crippen molar-refractivity contribution in [3.8, 4) is 16.9 Å². The van der Waals surface area contributed by atoms with E-state index < -0.39 is 17.4 Å². The quantitative estimate of drug-likeness (QED) is 0.690. The van der Waals surface area contributed by atoms with Crippen LogP contribution in [0.2, 0.25) is 5.02 Å². The van der Waals surface area contributed by atoms with E-state index in [1.54, 1.807) is 6.07 Å². The molecule has 0 bridgehead atoms. The molecule has 1 amide bonds. The number of esters is 1. The van der Waals surface area contributed by atoms with Crippen LogP contribution < -0.4 is 11.3 Å². The molecule has 0 radical (unpaired) electrons. The molecule has 0 aromatic heterocycles. The number of nitrogens with one attached hydrogen (secondary N) is 1. The maximum atomic E-state index is 12.0. The third-order valence-electron chi connectivity index (χ3n) is 3.48. The average molecular weight is 347 g/mol.